The molecule has 4 heteroatoms. The molecule has 2 aliphatic rings. The van der Waals surface area contributed by atoms with Crippen molar-refractivity contribution in [3.05, 3.63) is 29.8 Å². The van der Waals surface area contributed by atoms with E-state index >= 15 is 0 Å². The highest BCUT2D eigenvalue weighted by Gasteiger charge is 2.31. The predicted molar refractivity (Wildman–Crippen MR) is 93.0 cm³/mol. The lowest BCUT2D eigenvalue weighted by Gasteiger charge is -2.41. The minimum absolute atomic E-state index is 0.303. The molecule has 1 unspecified atom stereocenters. The molecular weight excluding hydrogens is 288 g/mol. The Bertz CT molecular complexity index is 463. The van der Waals surface area contributed by atoms with Gasteiger partial charge in [-0.1, -0.05) is 12.1 Å². The summed E-state index contributed by atoms with van der Waals surface area (Å²) in [5, 5.41) is 13.3. The smallest absolute Gasteiger partial charge is 0.118 e. The molecule has 0 bridgehead atoms. The second-order valence-electron chi connectivity index (χ2n) is 6.92. The Balaban J connectivity index is 1.56. The molecular formula is C19H30N2O2. The van der Waals surface area contributed by atoms with Gasteiger partial charge in [-0.15, -0.1) is 0 Å². The molecule has 2 aliphatic heterocycles. The Morgan fingerprint density at radius 1 is 1.13 bits per heavy atom. The van der Waals surface area contributed by atoms with E-state index in [0.29, 0.717) is 24.5 Å². The van der Waals surface area contributed by atoms with Crippen LogP contribution in [-0.2, 0) is 0 Å². The van der Waals surface area contributed by atoms with Crippen molar-refractivity contribution < 1.29 is 9.84 Å². The first-order chi connectivity index (χ1) is 11.3. The number of likely N-dealkylation sites (tertiary alicyclic amines) is 1. The number of piperidine rings is 2. The first-order valence-corrected chi connectivity index (χ1v) is 9.01. The van der Waals surface area contributed by atoms with Gasteiger partial charge in [-0.2, -0.15) is 0 Å². The molecule has 23 heavy (non-hydrogen) atoms. The largest absolute Gasteiger partial charge is 0.497 e. The van der Waals surface area contributed by atoms with Gasteiger partial charge < -0.3 is 15.2 Å². The summed E-state index contributed by atoms with van der Waals surface area (Å²) < 4.78 is 5.25. The maximum atomic E-state index is 9.90. The standard InChI is InChI=1S/C19H30N2O2/c1-23-18-4-2-15(3-5-18)16-8-12-21(13-9-16)19(14-22)17-6-10-20-11-7-17/h2-5,16-17,19-20,22H,6-14H2,1H3. The highest BCUT2D eigenvalue weighted by atomic mass is 16.5. The molecule has 0 aliphatic carbocycles. The number of rotatable bonds is 5. The Morgan fingerprint density at radius 3 is 2.35 bits per heavy atom. The summed E-state index contributed by atoms with van der Waals surface area (Å²) in [5.74, 6) is 2.22. The van der Waals surface area contributed by atoms with E-state index in [1.54, 1.807) is 7.11 Å². The number of aliphatic hydroxyl groups is 1. The number of aliphatic hydroxyl groups excluding tert-OH is 1. The van der Waals surface area contributed by atoms with Crippen LogP contribution in [0.15, 0.2) is 24.3 Å². The van der Waals surface area contributed by atoms with E-state index in [9.17, 15) is 5.11 Å². The van der Waals surface area contributed by atoms with E-state index in [2.05, 4.69) is 34.5 Å². The van der Waals surface area contributed by atoms with Crippen molar-refractivity contribution >= 4 is 0 Å². The van der Waals surface area contributed by atoms with Gasteiger partial charge in [0.05, 0.1) is 13.7 Å². The van der Waals surface area contributed by atoms with Crippen LogP contribution in [-0.4, -0.2) is 55.9 Å². The lowest BCUT2D eigenvalue weighted by molar-refractivity contribution is 0.0496. The second kappa shape index (κ2) is 8.13. The third kappa shape index (κ3) is 4.06. The lowest BCUT2D eigenvalue weighted by atomic mass is 9.85. The monoisotopic (exact) mass is 318 g/mol. The van der Waals surface area contributed by atoms with Gasteiger partial charge in [-0.3, -0.25) is 4.90 Å². The van der Waals surface area contributed by atoms with E-state index in [1.165, 1.54) is 31.2 Å². The molecule has 1 atom stereocenters. The molecule has 2 heterocycles. The summed E-state index contributed by atoms with van der Waals surface area (Å²) in [7, 11) is 1.71. The summed E-state index contributed by atoms with van der Waals surface area (Å²) in [4.78, 5) is 2.54. The maximum Gasteiger partial charge on any atom is 0.118 e. The van der Waals surface area contributed by atoms with Gasteiger partial charge in [0.15, 0.2) is 0 Å². The van der Waals surface area contributed by atoms with E-state index in [0.717, 1.165) is 31.9 Å². The fourth-order valence-electron chi connectivity index (χ4n) is 4.23. The Morgan fingerprint density at radius 2 is 1.78 bits per heavy atom. The fraction of sp³-hybridized carbons (Fsp3) is 0.684. The van der Waals surface area contributed by atoms with Crippen molar-refractivity contribution in [1.29, 1.82) is 0 Å². The fourth-order valence-corrected chi connectivity index (χ4v) is 4.23. The molecule has 0 spiro atoms. The van der Waals surface area contributed by atoms with Gasteiger partial charge in [-0.25, -0.2) is 0 Å². The van der Waals surface area contributed by atoms with Crippen LogP contribution in [0.4, 0.5) is 0 Å². The van der Waals surface area contributed by atoms with Gasteiger partial charge in [0.25, 0.3) is 0 Å². The SMILES string of the molecule is COc1ccc(C2CCN(C(CO)C3CCNCC3)CC2)cc1. The van der Waals surface area contributed by atoms with Gasteiger partial charge in [0.1, 0.15) is 5.75 Å². The normalized spacial score (nSPS) is 22.9. The van der Waals surface area contributed by atoms with Crippen LogP contribution in [0.3, 0.4) is 0 Å². The molecule has 1 aromatic carbocycles. The van der Waals surface area contributed by atoms with Gasteiger partial charge in [-0.05, 0) is 81.4 Å². The zero-order chi connectivity index (χ0) is 16.1. The van der Waals surface area contributed by atoms with Crippen molar-refractivity contribution in [3.8, 4) is 5.75 Å². The van der Waals surface area contributed by atoms with Crippen molar-refractivity contribution in [3.63, 3.8) is 0 Å². The number of methoxy groups -OCH3 is 1. The Labute approximate surface area is 139 Å². The zero-order valence-corrected chi connectivity index (χ0v) is 14.2. The average molecular weight is 318 g/mol. The Hall–Kier alpha value is -1.10. The van der Waals surface area contributed by atoms with Crippen molar-refractivity contribution in [1.82, 2.24) is 10.2 Å². The van der Waals surface area contributed by atoms with Crippen molar-refractivity contribution in [2.45, 2.75) is 37.6 Å². The van der Waals surface area contributed by atoms with Gasteiger partial charge in [0, 0.05) is 6.04 Å². The minimum Gasteiger partial charge on any atom is -0.497 e. The molecule has 128 valence electrons. The zero-order valence-electron chi connectivity index (χ0n) is 14.2. The number of hydrogen-bond donors (Lipinski definition) is 2. The number of nitrogens with one attached hydrogen (secondary N) is 1. The summed E-state index contributed by atoms with van der Waals surface area (Å²) in [6.07, 6.45) is 4.77. The topological polar surface area (TPSA) is 44.7 Å². The first-order valence-electron chi connectivity index (χ1n) is 9.01. The second-order valence-corrected chi connectivity index (χ2v) is 6.92. The molecule has 0 aromatic heterocycles. The van der Waals surface area contributed by atoms with Crippen LogP contribution in [0, 0.1) is 5.92 Å². The lowest BCUT2D eigenvalue weighted by Crippen LogP contribution is -2.49. The molecule has 2 fully saturated rings. The molecule has 2 N–H and O–H groups in total. The summed E-state index contributed by atoms with van der Waals surface area (Å²) in [6, 6.07) is 8.89. The van der Waals surface area contributed by atoms with E-state index < -0.39 is 0 Å². The number of ether oxygens (including phenoxy) is 1. The van der Waals surface area contributed by atoms with Gasteiger partial charge in [0.2, 0.25) is 0 Å². The molecule has 4 nitrogen and oxygen atoms in total. The summed E-state index contributed by atoms with van der Waals surface area (Å²) >= 11 is 0. The Kier molecular flexibility index (Phi) is 5.92. The quantitative estimate of drug-likeness (QED) is 0.874. The highest BCUT2D eigenvalue weighted by molar-refractivity contribution is 5.29. The number of nitrogens with zero attached hydrogens (tertiary/aromatic N) is 1. The van der Waals surface area contributed by atoms with Crippen LogP contribution in [0.1, 0.15) is 37.2 Å². The molecule has 0 radical (unpaired) electrons. The van der Waals surface area contributed by atoms with Gasteiger partial charge >= 0.3 is 0 Å². The molecule has 2 saturated heterocycles. The van der Waals surface area contributed by atoms with E-state index in [4.69, 9.17) is 4.74 Å². The first kappa shape index (κ1) is 16.7. The third-order valence-corrected chi connectivity index (χ3v) is 5.70. The van der Waals surface area contributed by atoms with Crippen LogP contribution >= 0.6 is 0 Å². The van der Waals surface area contributed by atoms with E-state index in [-0.39, 0.29) is 0 Å². The molecule has 1 aromatic rings. The average Bonchev–Trinajstić information content (AvgIpc) is 2.64. The number of benzene rings is 1. The minimum atomic E-state index is 0.303. The number of hydrogen-bond acceptors (Lipinski definition) is 4. The van der Waals surface area contributed by atoms with Crippen molar-refractivity contribution in [2.24, 2.45) is 5.92 Å². The summed E-state index contributed by atoms with van der Waals surface area (Å²) in [6.45, 7) is 4.71. The highest BCUT2D eigenvalue weighted by Crippen LogP contribution is 2.32. The third-order valence-electron chi connectivity index (χ3n) is 5.70. The maximum absolute atomic E-state index is 9.90. The van der Waals surface area contributed by atoms with Crippen LogP contribution < -0.4 is 10.1 Å². The molecule has 0 saturated carbocycles. The van der Waals surface area contributed by atoms with Crippen LogP contribution in [0.2, 0.25) is 0 Å². The molecule has 0 amide bonds. The van der Waals surface area contributed by atoms with Crippen LogP contribution in [0.25, 0.3) is 0 Å². The van der Waals surface area contributed by atoms with E-state index in [1.807, 2.05) is 0 Å². The van der Waals surface area contributed by atoms with Crippen molar-refractivity contribution in [2.75, 3.05) is 39.9 Å². The summed E-state index contributed by atoms with van der Waals surface area (Å²) in [5.41, 5.74) is 1.42. The van der Waals surface area contributed by atoms with Crippen LogP contribution in [0.5, 0.6) is 5.75 Å². The predicted octanol–water partition coefficient (Wildman–Crippen LogP) is 2.24. The molecule has 3 rings (SSSR count).